The molecular weight excluding hydrogens is 373 g/mol. The number of piperidine rings is 1. The van der Waals surface area contributed by atoms with Crippen LogP contribution in [0.25, 0.3) is 11.0 Å². The average Bonchev–Trinajstić information content (AvgIpc) is 2.77. The van der Waals surface area contributed by atoms with E-state index in [1.807, 2.05) is 0 Å². The number of amides is 1. The number of nitrogens with zero attached hydrogens (tertiary/aromatic N) is 3. The zero-order chi connectivity index (χ0) is 20.4. The Labute approximate surface area is 167 Å². The van der Waals surface area contributed by atoms with Gasteiger partial charge in [0, 0.05) is 31.4 Å². The molecule has 1 fully saturated rings. The largest absolute Gasteiger partial charge is 0.496 e. The van der Waals surface area contributed by atoms with E-state index in [0.29, 0.717) is 41.7 Å². The number of hydrogen-bond acceptors (Lipinski definition) is 5. The molecule has 0 unspecified atom stereocenters. The van der Waals surface area contributed by atoms with Crippen molar-refractivity contribution in [2.24, 2.45) is 5.92 Å². The van der Waals surface area contributed by atoms with E-state index in [-0.39, 0.29) is 23.8 Å². The van der Waals surface area contributed by atoms with Crippen LogP contribution in [0.1, 0.15) is 33.6 Å². The molecule has 29 heavy (non-hydrogen) atoms. The summed E-state index contributed by atoms with van der Waals surface area (Å²) in [6.07, 6.45) is 4.46. The predicted molar refractivity (Wildman–Crippen MR) is 105 cm³/mol. The minimum atomic E-state index is -0.493. The molecule has 0 spiro atoms. The molecule has 4 rings (SSSR count). The number of likely N-dealkylation sites (tertiary alicyclic amines) is 1. The zero-order valence-corrected chi connectivity index (χ0v) is 16.0. The minimum Gasteiger partial charge on any atom is -0.496 e. The van der Waals surface area contributed by atoms with Crippen molar-refractivity contribution in [3.05, 3.63) is 65.7 Å². The highest BCUT2D eigenvalue weighted by molar-refractivity contribution is 6.05. The summed E-state index contributed by atoms with van der Waals surface area (Å²) in [5, 5.41) is 0. The number of fused-ring (bicyclic) bond motifs is 1. The third kappa shape index (κ3) is 3.68. The van der Waals surface area contributed by atoms with Crippen LogP contribution in [-0.2, 0) is 0 Å². The lowest BCUT2D eigenvalue weighted by atomic mass is 9.89. The van der Waals surface area contributed by atoms with Crippen LogP contribution < -0.4 is 4.74 Å². The molecule has 7 heteroatoms. The van der Waals surface area contributed by atoms with Gasteiger partial charge in [0.05, 0.1) is 23.8 Å². The Bertz CT molecular complexity index is 1080. The molecule has 2 heterocycles. The maximum atomic E-state index is 13.7. The summed E-state index contributed by atoms with van der Waals surface area (Å²) in [6, 6.07) is 9.20. The number of rotatable bonds is 4. The Balaban J connectivity index is 1.59. The normalized spacial score (nSPS) is 16.6. The molecule has 0 N–H and O–H groups in total. The Morgan fingerprint density at radius 2 is 1.97 bits per heavy atom. The van der Waals surface area contributed by atoms with Gasteiger partial charge in [0.1, 0.15) is 17.1 Å². The Hall–Kier alpha value is -3.35. The molecule has 1 saturated heterocycles. The highest BCUT2D eigenvalue weighted by Crippen LogP contribution is 2.28. The van der Waals surface area contributed by atoms with Gasteiger partial charge in [-0.25, -0.2) is 4.39 Å². The van der Waals surface area contributed by atoms with Gasteiger partial charge in [-0.1, -0.05) is 6.07 Å². The fourth-order valence-electron chi connectivity index (χ4n) is 3.80. The number of halogens is 1. The second-order valence-electron chi connectivity index (χ2n) is 7.03. The summed E-state index contributed by atoms with van der Waals surface area (Å²) >= 11 is 0. The van der Waals surface area contributed by atoms with E-state index in [9.17, 15) is 14.0 Å². The summed E-state index contributed by atoms with van der Waals surface area (Å²) in [4.78, 5) is 36.4. The molecule has 2 aromatic carbocycles. The number of Topliss-reactive ketones (excluding diaryl/α,β-unsaturated/α-hetero) is 1. The first kappa shape index (κ1) is 19.0. The molecule has 0 bridgehead atoms. The predicted octanol–water partition coefficient (Wildman–Crippen LogP) is 3.51. The molecule has 0 saturated carbocycles. The van der Waals surface area contributed by atoms with Gasteiger partial charge in [-0.2, -0.15) is 0 Å². The van der Waals surface area contributed by atoms with Crippen LogP contribution in [0.4, 0.5) is 4.39 Å². The van der Waals surface area contributed by atoms with Crippen LogP contribution in [0.2, 0.25) is 0 Å². The van der Waals surface area contributed by atoms with Crippen molar-refractivity contribution in [3.8, 4) is 5.75 Å². The molecule has 6 nitrogen and oxygen atoms in total. The topological polar surface area (TPSA) is 72.4 Å². The van der Waals surface area contributed by atoms with Gasteiger partial charge in [-0.15, -0.1) is 0 Å². The van der Waals surface area contributed by atoms with Crippen molar-refractivity contribution >= 4 is 22.7 Å². The summed E-state index contributed by atoms with van der Waals surface area (Å²) in [5.41, 5.74) is 1.86. The molecule has 3 aromatic rings. The summed E-state index contributed by atoms with van der Waals surface area (Å²) in [6.45, 7) is 0.827. The van der Waals surface area contributed by atoms with Gasteiger partial charge < -0.3 is 9.64 Å². The third-order valence-corrected chi connectivity index (χ3v) is 5.24. The van der Waals surface area contributed by atoms with Gasteiger partial charge in [0.2, 0.25) is 0 Å². The number of para-hydroxylation sites is 1. The van der Waals surface area contributed by atoms with E-state index in [4.69, 9.17) is 4.74 Å². The Kier molecular flexibility index (Phi) is 5.20. The molecule has 1 aliphatic rings. The van der Waals surface area contributed by atoms with Crippen molar-refractivity contribution in [3.63, 3.8) is 0 Å². The second-order valence-corrected chi connectivity index (χ2v) is 7.03. The van der Waals surface area contributed by atoms with E-state index in [0.717, 1.165) is 0 Å². The van der Waals surface area contributed by atoms with Crippen LogP contribution in [0.3, 0.4) is 0 Å². The van der Waals surface area contributed by atoms with E-state index in [1.54, 1.807) is 35.5 Å². The van der Waals surface area contributed by atoms with Crippen LogP contribution in [0.15, 0.2) is 48.8 Å². The minimum absolute atomic E-state index is 0.181. The van der Waals surface area contributed by atoms with Crippen LogP contribution in [0.5, 0.6) is 5.75 Å². The quantitative estimate of drug-likeness (QED) is 0.635. The zero-order valence-electron chi connectivity index (χ0n) is 16.0. The number of benzene rings is 2. The number of methoxy groups -OCH3 is 1. The number of aromatic nitrogens is 2. The highest BCUT2D eigenvalue weighted by atomic mass is 19.1. The molecule has 1 aromatic heterocycles. The number of hydrogen-bond donors (Lipinski definition) is 0. The first-order valence-electron chi connectivity index (χ1n) is 9.45. The van der Waals surface area contributed by atoms with E-state index < -0.39 is 11.7 Å². The molecule has 148 valence electrons. The third-order valence-electron chi connectivity index (χ3n) is 5.24. The first-order valence-corrected chi connectivity index (χ1v) is 9.45. The Morgan fingerprint density at radius 1 is 1.14 bits per heavy atom. The van der Waals surface area contributed by atoms with Crippen molar-refractivity contribution in [1.82, 2.24) is 14.9 Å². The second kappa shape index (κ2) is 7.95. The molecular formula is C22H20FN3O3. The Morgan fingerprint density at radius 3 is 2.79 bits per heavy atom. The lowest BCUT2D eigenvalue weighted by Crippen LogP contribution is -2.42. The fraction of sp³-hybridized carbons (Fsp3) is 0.273. The lowest BCUT2D eigenvalue weighted by molar-refractivity contribution is 0.0637. The van der Waals surface area contributed by atoms with Gasteiger partial charge in [0.15, 0.2) is 5.78 Å². The number of carbonyl (C=O) groups excluding carboxylic acids is 2. The number of ether oxygens (including phenoxy) is 1. The van der Waals surface area contributed by atoms with E-state index >= 15 is 0 Å². The maximum Gasteiger partial charge on any atom is 0.256 e. The SMILES string of the molecule is COc1ccc(F)cc1C(=O)[C@@H]1CCCN(C(=O)c2cccc3nccnc23)C1. The summed E-state index contributed by atoms with van der Waals surface area (Å²) in [5.74, 6) is -0.961. The van der Waals surface area contributed by atoms with Gasteiger partial charge in [0.25, 0.3) is 5.91 Å². The summed E-state index contributed by atoms with van der Waals surface area (Å²) in [7, 11) is 1.45. The molecule has 1 amide bonds. The van der Waals surface area contributed by atoms with Gasteiger partial charge in [-0.05, 0) is 43.2 Å². The molecule has 0 radical (unpaired) electrons. The molecule has 1 aliphatic heterocycles. The highest BCUT2D eigenvalue weighted by Gasteiger charge is 2.31. The van der Waals surface area contributed by atoms with Crippen LogP contribution in [0, 0.1) is 11.7 Å². The smallest absolute Gasteiger partial charge is 0.256 e. The molecule has 0 aliphatic carbocycles. The van der Waals surface area contributed by atoms with Crippen molar-refractivity contribution < 1.29 is 18.7 Å². The van der Waals surface area contributed by atoms with Crippen molar-refractivity contribution in [1.29, 1.82) is 0 Å². The molecule has 1 atom stereocenters. The number of carbonyl (C=O) groups is 2. The first-order chi connectivity index (χ1) is 14.1. The van der Waals surface area contributed by atoms with Crippen LogP contribution in [-0.4, -0.2) is 46.8 Å². The van der Waals surface area contributed by atoms with Crippen LogP contribution >= 0.6 is 0 Å². The maximum absolute atomic E-state index is 13.7. The van der Waals surface area contributed by atoms with Gasteiger partial charge in [-0.3, -0.25) is 19.6 Å². The summed E-state index contributed by atoms with van der Waals surface area (Å²) < 4.78 is 18.9. The van der Waals surface area contributed by atoms with Crippen molar-refractivity contribution in [2.75, 3.05) is 20.2 Å². The standard InChI is InChI=1S/C22H20FN3O3/c1-29-19-8-7-15(23)12-17(19)21(27)14-4-3-11-26(13-14)22(28)16-5-2-6-18-20(16)25-10-9-24-18/h2,5-10,12,14H,3-4,11,13H2,1H3/t14-/m1/s1. The fourth-order valence-corrected chi connectivity index (χ4v) is 3.80. The monoisotopic (exact) mass is 393 g/mol. The van der Waals surface area contributed by atoms with E-state index in [1.165, 1.54) is 25.3 Å². The lowest BCUT2D eigenvalue weighted by Gasteiger charge is -2.32. The van der Waals surface area contributed by atoms with E-state index in [2.05, 4.69) is 9.97 Å². The average molecular weight is 393 g/mol. The van der Waals surface area contributed by atoms with Gasteiger partial charge >= 0.3 is 0 Å². The number of ketones is 1. The van der Waals surface area contributed by atoms with Crippen molar-refractivity contribution in [2.45, 2.75) is 12.8 Å².